The molecule has 3 aromatic heterocycles. The van der Waals surface area contributed by atoms with Gasteiger partial charge in [0.15, 0.2) is 0 Å². The van der Waals surface area contributed by atoms with Gasteiger partial charge in [-0.15, -0.1) is 0 Å². The topological polar surface area (TPSA) is 158 Å². The number of carbonyl (C=O) groups excluding carboxylic acids is 2. The molecular weight excluding hydrogens is 641 g/mol. The monoisotopic (exact) mass is 673 g/mol. The zero-order valence-electron chi connectivity index (χ0n) is 25.5. The van der Waals surface area contributed by atoms with Crippen LogP contribution >= 0.6 is 23.2 Å². The molecule has 0 aliphatic carbocycles. The van der Waals surface area contributed by atoms with Crippen molar-refractivity contribution in [1.82, 2.24) is 45.1 Å². The molecule has 0 spiro atoms. The van der Waals surface area contributed by atoms with E-state index in [2.05, 4.69) is 45.4 Å². The minimum Gasteiger partial charge on any atom is -0.359 e. The first-order chi connectivity index (χ1) is 22.9. The fourth-order valence-electron chi connectivity index (χ4n) is 6.25. The molecule has 2 aliphatic heterocycles. The van der Waals surface area contributed by atoms with Crippen LogP contribution in [-0.2, 0) is 4.79 Å². The fourth-order valence-corrected chi connectivity index (χ4v) is 6.66. The molecule has 1 unspecified atom stereocenters. The molecular formula is C32H33Cl2N11O2. The van der Waals surface area contributed by atoms with Crippen LogP contribution in [0.1, 0.15) is 60.7 Å². The van der Waals surface area contributed by atoms with Crippen molar-refractivity contribution < 1.29 is 9.59 Å². The predicted octanol–water partition coefficient (Wildman–Crippen LogP) is 4.95. The van der Waals surface area contributed by atoms with Crippen LogP contribution in [-0.4, -0.2) is 83.8 Å². The molecule has 3 N–H and O–H groups in total. The van der Waals surface area contributed by atoms with Gasteiger partial charge in [-0.05, 0) is 62.4 Å². The van der Waals surface area contributed by atoms with Gasteiger partial charge in [0.2, 0.25) is 11.9 Å². The summed E-state index contributed by atoms with van der Waals surface area (Å²) in [4.78, 5) is 59.8. The Bertz CT molecular complexity index is 1910. The summed E-state index contributed by atoms with van der Waals surface area (Å²) in [6, 6.07) is 8.57. The molecule has 2 aliphatic rings. The molecule has 2 amide bonds. The van der Waals surface area contributed by atoms with Gasteiger partial charge >= 0.3 is 0 Å². The van der Waals surface area contributed by atoms with Crippen molar-refractivity contribution in [3.05, 3.63) is 70.7 Å². The first-order valence-electron chi connectivity index (χ1n) is 15.7. The van der Waals surface area contributed by atoms with Crippen LogP contribution in [0, 0.1) is 0 Å². The summed E-state index contributed by atoms with van der Waals surface area (Å²) < 4.78 is 0. The van der Waals surface area contributed by atoms with Crippen molar-refractivity contribution in [3.8, 4) is 0 Å². The third kappa shape index (κ3) is 6.91. The summed E-state index contributed by atoms with van der Waals surface area (Å²) in [7, 11) is 0. The normalized spacial score (nSPS) is 16.1. The zero-order valence-corrected chi connectivity index (χ0v) is 27.0. The number of anilines is 2. The SMILES string of the molecule is O=C(CCC(Nc1ncnc2cc(C(=O)N3CCCC3)c(Cl)cc12)c1nc2cc(Cl)ccc2[nH]1)NC1CCN(c2ncncn2)CC1. The highest BCUT2D eigenvalue weighted by molar-refractivity contribution is 6.35. The van der Waals surface area contributed by atoms with E-state index in [-0.39, 0.29) is 24.3 Å². The number of halogens is 2. The maximum atomic E-state index is 13.2. The minimum atomic E-state index is -0.416. The molecule has 1 atom stereocenters. The standard InChI is InChI=1S/C32H33Cl2N11O2/c33-19-3-4-24-27(13-19)43-30(41-24)25(5-6-28(46)40-20-7-11-45(12-8-20)32-38-16-35-17-39-32)42-29-22-14-23(34)21(15-26(22)36-18-37-29)31(47)44-9-1-2-10-44/h3-4,13-18,20,25H,1-2,5-12H2,(H,40,46)(H,41,43)(H,36,37,42). The average Bonchev–Trinajstić information content (AvgIpc) is 3.78. The largest absolute Gasteiger partial charge is 0.359 e. The number of nitrogens with zero attached hydrogens (tertiary/aromatic N) is 8. The Kier molecular flexibility index (Phi) is 8.99. The van der Waals surface area contributed by atoms with E-state index in [1.807, 2.05) is 11.0 Å². The number of imidazole rings is 1. The molecule has 0 bridgehead atoms. The number of amides is 2. The summed E-state index contributed by atoms with van der Waals surface area (Å²) in [5, 5.41) is 8.27. The third-order valence-corrected chi connectivity index (χ3v) is 9.28. The number of piperidine rings is 1. The van der Waals surface area contributed by atoms with Crippen LogP contribution in [0.25, 0.3) is 21.9 Å². The Balaban J connectivity index is 1.09. The maximum absolute atomic E-state index is 13.2. The number of aromatic amines is 1. The molecule has 13 nitrogen and oxygen atoms in total. The first kappa shape index (κ1) is 31.0. The minimum absolute atomic E-state index is 0.0461. The summed E-state index contributed by atoms with van der Waals surface area (Å²) in [5.74, 6) is 1.67. The van der Waals surface area contributed by atoms with Gasteiger partial charge < -0.3 is 25.4 Å². The molecule has 2 saturated heterocycles. The van der Waals surface area contributed by atoms with Crippen molar-refractivity contribution in [2.24, 2.45) is 0 Å². The van der Waals surface area contributed by atoms with Crippen molar-refractivity contribution in [2.45, 2.75) is 50.6 Å². The zero-order chi connectivity index (χ0) is 32.3. The Morgan fingerprint density at radius 3 is 2.51 bits per heavy atom. The fraction of sp³-hybridized carbons (Fsp3) is 0.375. The van der Waals surface area contributed by atoms with E-state index in [1.165, 1.54) is 19.0 Å². The van der Waals surface area contributed by atoms with E-state index in [1.54, 1.807) is 24.3 Å². The Morgan fingerprint density at radius 2 is 1.72 bits per heavy atom. The van der Waals surface area contributed by atoms with Crippen LogP contribution in [0.15, 0.2) is 49.3 Å². The molecule has 2 aromatic carbocycles. The molecule has 5 heterocycles. The van der Waals surface area contributed by atoms with Gasteiger partial charge in [-0.2, -0.15) is 0 Å². The van der Waals surface area contributed by atoms with Gasteiger partial charge in [0.25, 0.3) is 5.91 Å². The van der Waals surface area contributed by atoms with E-state index in [4.69, 9.17) is 28.2 Å². The van der Waals surface area contributed by atoms with Gasteiger partial charge in [-0.1, -0.05) is 23.2 Å². The average molecular weight is 675 g/mol. The Labute approximate surface area is 280 Å². The third-order valence-electron chi connectivity index (χ3n) is 8.73. The molecule has 0 saturated carbocycles. The summed E-state index contributed by atoms with van der Waals surface area (Å²) in [5.41, 5.74) is 2.55. The molecule has 15 heteroatoms. The van der Waals surface area contributed by atoms with Crippen molar-refractivity contribution in [2.75, 3.05) is 36.4 Å². The number of nitrogens with one attached hydrogen (secondary N) is 3. The van der Waals surface area contributed by atoms with E-state index in [0.29, 0.717) is 56.0 Å². The smallest absolute Gasteiger partial charge is 0.255 e. The van der Waals surface area contributed by atoms with Crippen molar-refractivity contribution >= 4 is 68.7 Å². The lowest BCUT2D eigenvalue weighted by atomic mass is 10.0. The highest BCUT2D eigenvalue weighted by Gasteiger charge is 2.26. The van der Waals surface area contributed by atoms with Gasteiger partial charge in [0.1, 0.15) is 30.6 Å². The van der Waals surface area contributed by atoms with E-state index < -0.39 is 6.04 Å². The van der Waals surface area contributed by atoms with E-state index in [0.717, 1.165) is 57.4 Å². The van der Waals surface area contributed by atoms with Crippen LogP contribution in [0.2, 0.25) is 10.0 Å². The number of hydrogen-bond donors (Lipinski definition) is 3. The van der Waals surface area contributed by atoms with E-state index in [9.17, 15) is 9.59 Å². The molecule has 47 heavy (non-hydrogen) atoms. The molecule has 2 fully saturated rings. The van der Waals surface area contributed by atoms with Gasteiger partial charge in [0.05, 0.1) is 33.2 Å². The van der Waals surface area contributed by atoms with Crippen LogP contribution in [0.4, 0.5) is 11.8 Å². The summed E-state index contributed by atoms with van der Waals surface area (Å²) in [6.07, 6.45) is 8.67. The van der Waals surface area contributed by atoms with E-state index >= 15 is 0 Å². The van der Waals surface area contributed by atoms with Gasteiger partial charge in [-0.3, -0.25) is 9.59 Å². The molecule has 5 aromatic rings. The predicted molar refractivity (Wildman–Crippen MR) is 180 cm³/mol. The lowest BCUT2D eigenvalue weighted by Crippen LogP contribution is -2.45. The number of fused-ring (bicyclic) bond motifs is 2. The first-order valence-corrected chi connectivity index (χ1v) is 16.5. The van der Waals surface area contributed by atoms with Gasteiger partial charge in [-0.25, -0.2) is 29.9 Å². The molecule has 0 radical (unpaired) electrons. The van der Waals surface area contributed by atoms with Crippen molar-refractivity contribution in [1.29, 1.82) is 0 Å². The summed E-state index contributed by atoms with van der Waals surface area (Å²) in [6.45, 7) is 2.94. The second-order valence-electron chi connectivity index (χ2n) is 11.9. The maximum Gasteiger partial charge on any atom is 0.255 e. The number of benzene rings is 2. The second-order valence-corrected chi connectivity index (χ2v) is 12.7. The van der Waals surface area contributed by atoms with Crippen LogP contribution in [0.3, 0.4) is 0 Å². The number of H-pyrrole nitrogens is 1. The number of likely N-dealkylation sites (tertiary alicyclic amines) is 1. The Morgan fingerprint density at radius 1 is 0.936 bits per heavy atom. The molecule has 7 rings (SSSR count). The number of carbonyl (C=O) groups is 2. The second kappa shape index (κ2) is 13.6. The lowest BCUT2D eigenvalue weighted by Gasteiger charge is -2.32. The van der Waals surface area contributed by atoms with Crippen LogP contribution < -0.4 is 15.5 Å². The van der Waals surface area contributed by atoms with Gasteiger partial charge in [0, 0.05) is 49.1 Å². The number of rotatable bonds is 9. The Hall–Kier alpha value is -4.62. The number of hydrogen-bond acceptors (Lipinski definition) is 10. The lowest BCUT2D eigenvalue weighted by molar-refractivity contribution is -0.122. The number of aromatic nitrogens is 7. The highest BCUT2D eigenvalue weighted by Crippen LogP contribution is 2.32. The van der Waals surface area contributed by atoms with Crippen molar-refractivity contribution in [3.63, 3.8) is 0 Å². The van der Waals surface area contributed by atoms with Crippen LogP contribution in [0.5, 0.6) is 0 Å². The summed E-state index contributed by atoms with van der Waals surface area (Å²) >= 11 is 12.9. The quantitative estimate of drug-likeness (QED) is 0.195. The molecule has 242 valence electrons. The highest BCUT2D eigenvalue weighted by atomic mass is 35.5.